The van der Waals surface area contributed by atoms with Crippen LogP contribution in [0.4, 0.5) is 5.69 Å². The Bertz CT molecular complexity index is 463. The molecule has 20 heavy (non-hydrogen) atoms. The van der Waals surface area contributed by atoms with E-state index in [1.807, 2.05) is 13.8 Å². The molecule has 0 aliphatic carbocycles. The van der Waals surface area contributed by atoms with Gasteiger partial charge in [-0.15, -0.1) is 0 Å². The zero-order chi connectivity index (χ0) is 15.0. The molecule has 0 saturated heterocycles. The molecule has 1 rings (SSSR count). The van der Waals surface area contributed by atoms with E-state index in [0.29, 0.717) is 12.2 Å². The molecular formula is C13H22ClN3O3. The monoisotopic (exact) mass is 303 g/mol. The van der Waals surface area contributed by atoms with Gasteiger partial charge >= 0.3 is 0 Å². The van der Waals surface area contributed by atoms with Crippen molar-refractivity contribution in [1.82, 2.24) is 9.78 Å². The molecule has 0 bridgehead atoms. The van der Waals surface area contributed by atoms with Crippen molar-refractivity contribution < 1.29 is 9.84 Å². The second kappa shape index (κ2) is 8.94. The van der Waals surface area contributed by atoms with E-state index >= 15 is 0 Å². The Morgan fingerprint density at radius 3 is 2.90 bits per heavy atom. The molecule has 114 valence electrons. The van der Waals surface area contributed by atoms with Gasteiger partial charge in [-0.3, -0.25) is 4.79 Å². The van der Waals surface area contributed by atoms with Gasteiger partial charge in [-0.2, -0.15) is 5.10 Å². The molecule has 6 nitrogen and oxygen atoms in total. The SMILES string of the molecule is CC(C)OCCCCNc1cnn(CCO)c(=O)c1Cl. The topological polar surface area (TPSA) is 76.4 Å². The summed E-state index contributed by atoms with van der Waals surface area (Å²) in [5.41, 5.74) is 0.129. The molecule has 7 heteroatoms. The van der Waals surface area contributed by atoms with Gasteiger partial charge < -0.3 is 15.2 Å². The minimum Gasteiger partial charge on any atom is -0.394 e. The maximum atomic E-state index is 11.8. The Morgan fingerprint density at radius 2 is 2.25 bits per heavy atom. The number of aliphatic hydroxyl groups is 1. The number of aliphatic hydroxyl groups excluding tert-OH is 1. The van der Waals surface area contributed by atoms with Gasteiger partial charge in [0.1, 0.15) is 5.02 Å². The van der Waals surface area contributed by atoms with E-state index in [4.69, 9.17) is 21.4 Å². The number of halogens is 1. The summed E-state index contributed by atoms with van der Waals surface area (Å²) in [5.74, 6) is 0. The van der Waals surface area contributed by atoms with Gasteiger partial charge in [0.25, 0.3) is 5.56 Å². The zero-order valence-electron chi connectivity index (χ0n) is 11.9. The van der Waals surface area contributed by atoms with Crippen LogP contribution in [0.2, 0.25) is 5.02 Å². The molecule has 0 spiro atoms. The van der Waals surface area contributed by atoms with Crippen molar-refractivity contribution >= 4 is 17.3 Å². The molecule has 1 aromatic heterocycles. The van der Waals surface area contributed by atoms with Crippen LogP contribution in [0, 0.1) is 0 Å². The predicted octanol–water partition coefficient (Wildman–Crippen LogP) is 1.51. The van der Waals surface area contributed by atoms with E-state index in [1.54, 1.807) is 0 Å². The normalized spacial score (nSPS) is 11.1. The third-order valence-electron chi connectivity index (χ3n) is 2.63. The summed E-state index contributed by atoms with van der Waals surface area (Å²) in [6.07, 6.45) is 3.62. The molecule has 2 N–H and O–H groups in total. The number of ether oxygens (including phenoxy) is 1. The van der Waals surface area contributed by atoms with E-state index in [-0.39, 0.29) is 24.3 Å². The minimum atomic E-state index is -0.395. The molecule has 0 aromatic carbocycles. The average Bonchev–Trinajstić information content (AvgIpc) is 2.41. The zero-order valence-corrected chi connectivity index (χ0v) is 12.7. The van der Waals surface area contributed by atoms with Crippen LogP contribution in [0.5, 0.6) is 0 Å². The third-order valence-corrected chi connectivity index (χ3v) is 3.00. The molecule has 0 saturated carbocycles. The van der Waals surface area contributed by atoms with Crippen molar-refractivity contribution in [3.05, 3.63) is 21.6 Å². The first-order valence-corrected chi connectivity index (χ1v) is 7.16. The van der Waals surface area contributed by atoms with E-state index < -0.39 is 5.56 Å². The first-order valence-electron chi connectivity index (χ1n) is 6.78. The van der Waals surface area contributed by atoms with Crippen LogP contribution in [0.15, 0.2) is 11.0 Å². The van der Waals surface area contributed by atoms with E-state index in [1.165, 1.54) is 6.20 Å². The van der Waals surface area contributed by atoms with Crippen molar-refractivity contribution in [3.63, 3.8) is 0 Å². The molecule has 0 radical (unpaired) electrons. The van der Waals surface area contributed by atoms with Gasteiger partial charge in [-0.25, -0.2) is 4.68 Å². The van der Waals surface area contributed by atoms with E-state index in [2.05, 4.69) is 10.4 Å². The lowest BCUT2D eigenvalue weighted by molar-refractivity contribution is 0.0765. The Hall–Kier alpha value is -1.11. The molecule has 0 unspecified atom stereocenters. The number of unbranched alkanes of at least 4 members (excludes halogenated alkanes) is 1. The largest absolute Gasteiger partial charge is 0.394 e. The highest BCUT2D eigenvalue weighted by Gasteiger charge is 2.08. The number of rotatable bonds is 9. The lowest BCUT2D eigenvalue weighted by atomic mass is 10.3. The van der Waals surface area contributed by atoms with Gasteiger partial charge in [0, 0.05) is 13.2 Å². The molecule has 0 fully saturated rings. The van der Waals surface area contributed by atoms with Gasteiger partial charge in [0.15, 0.2) is 0 Å². The summed E-state index contributed by atoms with van der Waals surface area (Å²) in [4.78, 5) is 11.8. The van der Waals surface area contributed by atoms with Crippen LogP contribution >= 0.6 is 11.6 Å². The summed E-state index contributed by atoms with van der Waals surface area (Å²) >= 11 is 5.97. The highest BCUT2D eigenvalue weighted by molar-refractivity contribution is 6.32. The molecular weight excluding hydrogens is 282 g/mol. The number of nitrogens with zero attached hydrogens (tertiary/aromatic N) is 2. The first kappa shape index (κ1) is 16.9. The Morgan fingerprint density at radius 1 is 1.50 bits per heavy atom. The fourth-order valence-corrected chi connectivity index (χ4v) is 1.82. The smallest absolute Gasteiger partial charge is 0.287 e. The van der Waals surface area contributed by atoms with E-state index in [0.717, 1.165) is 24.1 Å². The van der Waals surface area contributed by atoms with Crippen molar-refractivity contribution in [1.29, 1.82) is 0 Å². The summed E-state index contributed by atoms with van der Waals surface area (Å²) in [7, 11) is 0. The number of hydrogen-bond donors (Lipinski definition) is 2. The lowest BCUT2D eigenvalue weighted by Crippen LogP contribution is -2.25. The first-order chi connectivity index (χ1) is 9.56. The fraction of sp³-hybridized carbons (Fsp3) is 0.692. The molecule has 0 aliphatic heterocycles. The number of anilines is 1. The third kappa shape index (κ3) is 5.48. The van der Waals surface area contributed by atoms with Crippen molar-refractivity contribution in [2.24, 2.45) is 0 Å². The molecule has 0 amide bonds. The van der Waals surface area contributed by atoms with Crippen molar-refractivity contribution in [2.75, 3.05) is 25.1 Å². The molecule has 1 aromatic rings. The Balaban J connectivity index is 2.41. The average molecular weight is 304 g/mol. The number of hydrogen-bond acceptors (Lipinski definition) is 5. The minimum absolute atomic E-state index is 0.104. The maximum Gasteiger partial charge on any atom is 0.287 e. The van der Waals surface area contributed by atoms with Crippen LogP contribution in [0.1, 0.15) is 26.7 Å². The van der Waals surface area contributed by atoms with Crippen LogP contribution in [0.3, 0.4) is 0 Å². The fourth-order valence-electron chi connectivity index (χ4n) is 1.61. The summed E-state index contributed by atoms with van der Waals surface area (Å²) in [6, 6.07) is 0. The van der Waals surface area contributed by atoms with Crippen LogP contribution in [-0.4, -0.2) is 40.7 Å². The second-order valence-electron chi connectivity index (χ2n) is 4.68. The highest BCUT2D eigenvalue weighted by Crippen LogP contribution is 2.15. The molecule has 1 heterocycles. The lowest BCUT2D eigenvalue weighted by Gasteiger charge is -2.10. The number of aromatic nitrogens is 2. The molecule has 0 atom stereocenters. The van der Waals surface area contributed by atoms with Crippen molar-refractivity contribution in [2.45, 2.75) is 39.3 Å². The highest BCUT2D eigenvalue weighted by atomic mass is 35.5. The van der Waals surface area contributed by atoms with Gasteiger partial charge in [0.2, 0.25) is 0 Å². The van der Waals surface area contributed by atoms with Gasteiger partial charge in [0.05, 0.1) is 31.1 Å². The van der Waals surface area contributed by atoms with Crippen molar-refractivity contribution in [3.8, 4) is 0 Å². The molecule has 0 aliphatic rings. The predicted molar refractivity (Wildman–Crippen MR) is 79.4 cm³/mol. The summed E-state index contributed by atoms with van der Waals surface area (Å²) in [6.45, 7) is 5.43. The number of nitrogens with one attached hydrogen (secondary N) is 1. The van der Waals surface area contributed by atoms with E-state index in [9.17, 15) is 4.79 Å². The maximum absolute atomic E-state index is 11.8. The summed E-state index contributed by atoms with van der Waals surface area (Å²) < 4.78 is 6.58. The quantitative estimate of drug-likeness (QED) is 0.676. The summed E-state index contributed by atoms with van der Waals surface area (Å²) in [5, 5.41) is 15.9. The Kier molecular flexibility index (Phi) is 7.58. The second-order valence-corrected chi connectivity index (χ2v) is 5.06. The van der Waals surface area contributed by atoms with Crippen LogP contribution in [-0.2, 0) is 11.3 Å². The van der Waals surface area contributed by atoms with Crippen LogP contribution in [0.25, 0.3) is 0 Å². The standard InChI is InChI=1S/C13H22ClN3O3/c1-10(2)20-8-4-3-5-15-11-9-16-17(6-7-18)13(19)12(11)14/h9-10,15,18H,3-8H2,1-2H3. The van der Waals surface area contributed by atoms with Gasteiger partial charge in [-0.05, 0) is 26.7 Å². The van der Waals surface area contributed by atoms with Gasteiger partial charge in [-0.1, -0.05) is 11.6 Å². The van der Waals surface area contributed by atoms with Crippen LogP contribution < -0.4 is 10.9 Å². The Labute approximate surface area is 123 Å².